The number of thiazole rings is 1. The molecule has 0 saturated heterocycles. The van der Waals surface area contributed by atoms with Gasteiger partial charge in [-0.05, 0) is 6.07 Å². The van der Waals surface area contributed by atoms with E-state index in [9.17, 15) is 9.90 Å². The lowest BCUT2D eigenvalue weighted by Crippen LogP contribution is -2.14. The van der Waals surface area contributed by atoms with Gasteiger partial charge in [0.1, 0.15) is 5.75 Å². The highest BCUT2D eigenvalue weighted by Gasteiger charge is 2.09. The number of carbonyl (C=O) groups excluding carboxylic acids is 1. The smallest absolute Gasteiger partial charge is 0.230 e. The minimum atomic E-state index is -0.249. The third-order valence-electron chi connectivity index (χ3n) is 2.54. The number of aromatic nitrogens is 1. The van der Waals surface area contributed by atoms with Gasteiger partial charge in [0.15, 0.2) is 5.13 Å². The molecule has 2 aromatic rings. The van der Waals surface area contributed by atoms with Crippen LogP contribution < -0.4 is 5.32 Å². The zero-order valence-corrected chi connectivity index (χ0v) is 12.0. The third kappa shape index (κ3) is 4.60. The van der Waals surface area contributed by atoms with Gasteiger partial charge in [0.25, 0.3) is 0 Å². The number of phenolic OH excluding ortho intramolecular Hbond substituents is 1. The van der Waals surface area contributed by atoms with Gasteiger partial charge in [-0.15, -0.1) is 0 Å². The first-order chi connectivity index (χ1) is 10.2. The highest BCUT2D eigenvalue weighted by molar-refractivity contribution is 7.16. The van der Waals surface area contributed by atoms with E-state index in [1.807, 2.05) is 0 Å². The Morgan fingerprint density at radius 2 is 2.19 bits per heavy atom. The number of nitrogens with zero attached hydrogens (tertiary/aromatic N) is 1. The molecule has 1 heterocycles. The first-order valence-electron chi connectivity index (χ1n) is 6.31. The van der Waals surface area contributed by atoms with E-state index in [0.29, 0.717) is 17.1 Å². The Labute approximate surface area is 126 Å². The second kappa shape index (κ2) is 7.43. The van der Waals surface area contributed by atoms with Crippen LogP contribution >= 0.6 is 11.3 Å². The van der Waals surface area contributed by atoms with Crippen LogP contribution in [0, 0.1) is 11.8 Å². The van der Waals surface area contributed by atoms with Crippen molar-refractivity contribution < 1.29 is 15.0 Å². The second-order valence-corrected chi connectivity index (χ2v) is 5.19. The molecular formula is C15H14N2O3S. The van der Waals surface area contributed by atoms with Crippen molar-refractivity contribution in [2.24, 2.45) is 0 Å². The summed E-state index contributed by atoms with van der Waals surface area (Å²) < 4.78 is 0. The number of nitrogens with one attached hydrogen (secondary N) is 1. The van der Waals surface area contributed by atoms with Crippen LogP contribution in [0.4, 0.5) is 5.13 Å². The summed E-state index contributed by atoms with van der Waals surface area (Å²) in [6, 6.07) is 6.71. The molecule has 0 bridgehead atoms. The fraction of sp³-hybridized carbons (Fsp3) is 0.200. The molecule has 0 aliphatic carbocycles. The van der Waals surface area contributed by atoms with Crippen LogP contribution in [0.5, 0.6) is 5.75 Å². The van der Waals surface area contributed by atoms with Gasteiger partial charge in [-0.1, -0.05) is 41.4 Å². The standard InChI is InChI=1S/C15H14N2O3S/c18-8-4-3-6-12-10-16-15(21-12)17-14(20)9-11-5-1-2-7-13(11)19/h1-2,5,7,10,18-19H,4,8-9H2,(H,16,17,20). The topological polar surface area (TPSA) is 82.5 Å². The maximum atomic E-state index is 11.9. The predicted molar refractivity (Wildman–Crippen MR) is 81.1 cm³/mol. The number of para-hydroxylation sites is 1. The van der Waals surface area contributed by atoms with Crippen molar-refractivity contribution in [1.82, 2.24) is 4.98 Å². The molecule has 0 fully saturated rings. The Morgan fingerprint density at radius 3 is 2.95 bits per heavy atom. The molecule has 0 radical (unpaired) electrons. The summed E-state index contributed by atoms with van der Waals surface area (Å²) in [5.74, 6) is 5.49. The molecule has 2 rings (SSSR count). The van der Waals surface area contributed by atoms with E-state index < -0.39 is 0 Å². The molecule has 0 unspecified atom stereocenters. The van der Waals surface area contributed by atoms with E-state index in [1.54, 1.807) is 30.5 Å². The first kappa shape index (κ1) is 15.0. The molecule has 0 aliphatic heterocycles. The van der Waals surface area contributed by atoms with Gasteiger partial charge in [0.2, 0.25) is 5.91 Å². The lowest BCUT2D eigenvalue weighted by molar-refractivity contribution is -0.115. The number of phenols is 1. The maximum Gasteiger partial charge on any atom is 0.230 e. The minimum Gasteiger partial charge on any atom is -0.508 e. The van der Waals surface area contributed by atoms with Crippen LogP contribution in [-0.4, -0.2) is 27.7 Å². The average Bonchev–Trinajstić information content (AvgIpc) is 2.89. The van der Waals surface area contributed by atoms with Gasteiger partial charge in [0.05, 0.1) is 24.1 Å². The number of hydrogen-bond acceptors (Lipinski definition) is 5. The molecule has 0 atom stereocenters. The Hall–Kier alpha value is -2.36. The summed E-state index contributed by atoms with van der Waals surface area (Å²) >= 11 is 1.27. The number of aromatic hydroxyl groups is 1. The van der Waals surface area contributed by atoms with Crippen molar-refractivity contribution in [1.29, 1.82) is 0 Å². The quantitative estimate of drug-likeness (QED) is 0.752. The number of hydrogen-bond donors (Lipinski definition) is 3. The van der Waals surface area contributed by atoms with Crippen molar-refractivity contribution >= 4 is 22.4 Å². The van der Waals surface area contributed by atoms with Crippen molar-refractivity contribution in [3.05, 3.63) is 40.9 Å². The molecule has 3 N–H and O–H groups in total. The maximum absolute atomic E-state index is 11.9. The molecule has 5 nitrogen and oxygen atoms in total. The minimum absolute atomic E-state index is 0.0238. The summed E-state index contributed by atoms with van der Waals surface area (Å²) in [5.41, 5.74) is 0.564. The monoisotopic (exact) mass is 302 g/mol. The number of rotatable bonds is 4. The van der Waals surface area contributed by atoms with Crippen molar-refractivity contribution in [3.8, 4) is 17.6 Å². The van der Waals surface area contributed by atoms with Gasteiger partial charge in [-0.2, -0.15) is 0 Å². The summed E-state index contributed by atoms with van der Waals surface area (Å²) in [5, 5.41) is 21.4. The lowest BCUT2D eigenvalue weighted by atomic mass is 10.1. The van der Waals surface area contributed by atoms with E-state index in [-0.39, 0.29) is 24.7 Å². The highest BCUT2D eigenvalue weighted by Crippen LogP contribution is 2.19. The van der Waals surface area contributed by atoms with Gasteiger partial charge >= 0.3 is 0 Å². The molecule has 6 heteroatoms. The normalized spacial score (nSPS) is 9.76. The Bertz CT molecular complexity index is 685. The summed E-state index contributed by atoms with van der Waals surface area (Å²) in [6.07, 6.45) is 2.06. The molecule has 0 spiro atoms. The van der Waals surface area contributed by atoms with E-state index >= 15 is 0 Å². The van der Waals surface area contributed by atoms with Crippen molar-refractivity contribution in [2.45, 2.75) is 12.8 Å². The van der Waals surface area contributed by atoms with Crippen molar-refractivity contribution in [3.63, 3.8) is 0 Å². The number of amides is 1. The summed E-state index contributed by atoms with van der Waals surface area (Å²) in [4.78, 5) is 16.7. The summed E-state index contributed by atoms with van der Waals surface area (Å²) in [7, 11) is 0. The van der Waals surface area contributed by atoms with Crippen LogP contribution in [-0.2, 0) is 11.2 Å². The van der Waals surface area contributed by atoms with Crippen LogP contribution in [0.15, 0.2) is 30.5 Å². The molecule has 1 aromatic carbocycles. The predicted octanol–water partition coefficient (Wildman–Crippen LogP) is 1.76. The molecule has 1 amide bonds. The van der Waals surface area contributed by atoms with Crippen molar-refractivity contribution in [2.75, 3.05) is 11.9 Å². The first-order valence-corrected chi connectivity index (χ1v) is 7.13. The second-order valence-electron chi connectivity index (χ2n) is 4.16. The van der Waals surface area contributed by atoms with E-state index in [4.69, 9.17) is 5.11 Å². The summed E-state index contributed by atoms with van der Waals surface area (Å²) in [6.45, 7) is 0.0238. The van der Waals surface area contributed by atoms with E-state index in [1.165, 1.54) is 11.3 Å². The molecule has 108 valence electrons. The van der Waals surface area contributed by atoms with Gasteiger partial charge < -0.3 is 15.5 Å². The Balaban J connectivity index is 1.95. The Morgan fingerprint density at radius 1 is 1.38 bits per heavy atom. The number of benzene rings is 1. The molecule has 0 saturated carbocycles. The molecule has 1 aromatic heterocycles. The van der Waals surface area contributed by atoms with E-state index in [2.05, 4.69) is 22.1 Å². The third-order valence-corrected chi connectivity index (χ3v) is 3.37. The fourth-order valence-corrected chi connectivity index (χ4v) is 2.30. The van der Waals surface area contributed by atoms with Gasteiger partial charge in [-0.3, -0.25) is 4.79 Å². The van der Waals surface area contributed by atoms with Crippen LogP contribution in [0.1, 0.15) is 16.9 Å². The lowest BCUT2D eigenvalue weighted by Gasteiger charge is -2.03. The largest absolute Gasteiger partial charge is 0.508 e. The fourth-order valence-electron chi connectivity index (χ4n) is 1.59. The zero-order chi connectivity index (χ0) is 15.1. The SMILES string of the molecule is O=C(Cc1ccccc1O)Nc1ncc(C#CCCO)s1. The Kier molecular flexibility index (Phi) is 5.32. The van der Waals surface area contributed by atoms with Gasteiger partial charge in [-0.25, -0.2) is 4.98 Å². The van der Waals surface area contributed by atoms with Crippen LogP contribution in [0.25, 0.3) is 0 Å². The number of anilines is 1. The molecule has 0 aliphatic rings. The van der Waals surface area contributed by atoms with Crippen LogP contribution in [0.2, 0.25) is 0 Å². The molecule has 21 heavy (non-hydrogen) atoms. The van der Waals surface area contributed by atoms with E-state index in [0.717, 1.165) is 4.88 Å². The average molecular weight is 302 g/mol. The number of carbonyl (C=O) groups is 1. The highest BCUT2D eigenvalue weighted by atomic mass is 32.1. The van der Waals surface area contributed by atoms with Gasteiger partial charge in [0, 0.05) is 12.0 Å². The van der Waals surface area contributed by atoms with Crippen LogP contribution in [0.3, 0.4) is 0 Å². The number of aliphatic hydroxyl groups is 1. The zero-order valence-electron chi connectivity index (χ0n) is 11.2. The molecular weight excluding hydrogens is 288 g/mol. The number of aliphatic hydroxyl groups excluding tert-OH is 1.